The molecule has 0 spiro atoms. The molecular weight excluding hydrogens is 272 g/mol. The number of nitrogen functional groups attached to an aromatic ring is 1. The molecule has 2 N–H and O–H groups in total. The molecule has 0 amide bonds. The molecule has 2 rings (SSSR count). The number of hydrogen-bond acceptors (Lipinski definition) is 3. The van der Waals surface area contributed by atoms with Crippen LogP contribution in [0.25, 0.3) is 10.8 Å². The fraction of sp³-hybridized carbons (Fsp3) is 0.200. The molecule has 0 bridgehead atoms. The monoisotopic (exact) mass is 288 g/mol. The summed E-state index contributed by atoms with van der Waals surface area (Å²) in [7, 11) is -3.60. The Labute approximate surface area is 119 Å². The number of nitrogens with zero attached hydrogens (tertiary/aromatic N) is 1. The third-order valence-corrected chi connectivity index (χ3v) is 5.08. The molecule has 0 aliphatic heterocycles. The number of hydrogen-bond donors (Lipinski definition) is 1. The Morgan fingerprint density at radius 1 is 1.30 bits per heavy atom. The van der Waals surface area contributed by atoms with Crippen LogP contribution >= 0.6 is 0 Å². The predicted molar refractivity (Wildman–Crippen MR) is 81.6 cm³/mol. The van der Waals surface area contributed by atoms with Gasteiger partial charge < -0.3 is 5.73 Å². The topological polar surface area (TPSA) is 63.4 Å². The van der Waals surface area contributed by atoms with Crippen LogP contribution in [0.5, 0.6) is 0 Å². The number of terminal acetylenes is 1. The van der Waals surface area contributed by atoms with Crippen LogP contribution in [0, 0.1) is 12.3 Å². The standard InChI is InChI=1S/C15H16N2O2S/c1-3-10-17(4-2)20(18,19)15-7-5-6-12-11-13(16)8-9-14(12)15/h1,5-9,11H,4,10,16H2,2H3. The highest BCUT2D eigenvalue weighted by atomic mass is 32.2. The van der Waals surface area contributed by atoms with Gasteiger partial charge in [0.25, 0.3) is 0 Å². The summed E-state index contributed by atoms with van der Waals surface area (Å²) in [6.45, 7) is 2.15. The van der Waals surface area contributed by atoms with E-state index in [1.807, 2.05) is 6.07 Å². The summed E-state index contributed by atoms with van der Waals surface area (Å²) >= 11 is 0. The lowest BCUT2D eigenvalue weighted by Gasteiger charge is -2.19. The van der Waals surface area contributed by atoms with Crippen LogP contribution in [0.2, 0.25) is 0 Å². The van der Waals surface area contributed by atoms with E-state index in [1.54, 1.807) is 37.3 Å². The zero-order chi connectivity index (χ0) is 14.8. The summed E-state index contributed by atoms with van der Waals surface area (Å²) in [5.74, 6) is 2.38. The summed E-state index contributed by atoms with van der Waals surface area (Å²) in [5.41, 5.74) is 6.33. The number of benzene rings is 2. The lowest BCUT2D eigenvalue weighted by Crippen LogP contribution is -2.31. The summed E-state index contributed by atoms with van der Waals surface area (Å²) in [4.78, 5) is 0.257. The minimum absolute atomic E-state index is 0.0597. The van der Waals surface area contributed by atoms with Crippen molar-refractivity contribution in [3.63, 3.8) is 0 Å². The van der Waals surface area contributed by atoms with E-state index in [9.17, 15) is 8.42 Å². The van der Waals surface area contributed by atoms with Crippen LogP contribution in [0.4, 0.5) is 5.69 Å². The number of nitrogens with two attached hydrogens (primary N) is 1. The SMILES string of the molecule is C#CCN(CC)S(=O)(=O)c1cccc2cc(N)ccc12. The Morgan fingerprint density at radius 2 is 2.05 bits per heavy atom. The van der Waals surface area contributed by atoms with Gasteiger partial charge in [-0.1, -0.05) is 31.0 Å². The smallest absolute Gasteiger partial charge is 0.244 e. The largest absolute Gasteiger partial charge is 0.399 e. The first-order valence-electron chi connectivity index (χ1n) is 6.22. The Kier molecular flexibility index (Phi) is 3.98. The van der Waals surface area contributed by atoms with E-state index in [0.29, 0.717) is 17.6 Å². The lowest BCUT2D eigenvalue weighted by atomic mass is 10.1. The highest BCUT2D eigenvalue weighted by Crippen LogP contribution is 2.27. The van der Waals surface area contributed by atoms with Crippen molar-refractivity contribution < 1.29 is 8.42 Å². The Hall–Kier alpha value is -2.03. The van der Waals surface area contributed by atoms with Crippen molar-refractivity contribution in [1.82, 2.24) is 4.31 Å². The maximum Gasteiger partial charge on any atom is 0.244 e. The van der Waals surface area contributed by atoms with Gasteiger partial charge in [-0.2, -0.15) is 4.31 Å². The average Bonchev–Trinajstić information content (AvgIpc) is 2.43. The minimum Gasteiger partial charge on any atom is -0.399 e. The van der Waals surface area contributed by atoms with Crippen molar-refractivity contribution >= 4 is 26.5 Å². The van der Waals surface area contributed by atoms with Crippen LogP contribution in [-0.4, -0.2) is 25.8 Å². The van der Waals surface area contributed by atoms with E-state index in [0.717, 1.165) is 5.39 Å². The zero-order valence-corrected chi connectivity index (χ0v) is 12.0. The van der Waals surface area contributed by atoms with Crippen LogP contribution in [0.3, 0.4) is 0 Å². The third kappa shape index (κ3) is 2.48. The quantitative estimate of drug-likeness (QED) is 0.692. The Morgan fingerprint density at radius 3 is 2.70 bits per heavy atom. The highest BCUT2D eigenvalue weighted by molar-refractivity contribution is 7.89. The van der Waals surface area contributed by atoms with Gasteiger partial charge in [-0.25, -0.2) is 8.42 Å². The van der Waals surface area contributed by atoms with Crippen molar-refractivity contribution in [2.24, 2.45) is 0 Å². The van der Waals surface area contributed by atoms with Gasteiger partial charge in [-0.15, -0.1) is 6.42 Å². The minimum atomic E-state index is -3.60. The van der Waals surface area contributed by atoms with E-state index < -0.39 is 10.0 Å². The van der Waals surface area contributed by atoms with Crippen LogP contribution in [-0.2, 0) is 10.0 Å². The molecule has 4 nitrogen and oxygen atoms in total. The van der Waals surface area contributed by atoms with Crippen LogP contribution in [0.15, 0.2) is 41.3 Å². The maximum absolute atomic E-state index is 12.7. The molecule has 0 aliphatic rings. The molecule has 0 radical (unpaired) electrons. The molecule has 0 atom stereocenters. The van der Waals surface area contributed by atoms with Gasteiger partial charge in [-0.05, 0) is 23.6 Å². The third-order valence-electron chi connectivity index (χ3n) is 3.10. The second-order valence-corrected chi connectivity index (χ2v) is 6.28. The van der Waals surface area contributed by atoms with Crippen LogP contribution < -0.4 is 5.73 Å². The van der Waals surface area contributed by atoms with Crippen LogP contribution in [0.1, 0.15) is 6.92 Å². The summed E-state index contributed by atoms with van der Waals surface area (Å²) < 4.78 is 26.6. The van der Waals surface area contributed by atoms with E-state index in [-0.39, 0.29) is 11.4 Å². The van der Waals surface area contributed by atoms with Gasteiger partial charge in [0, 0.05) is 17.6 Å². The molecule has 2 aromatic carbocycles. The Balaban J connectivity index is 2.66. The van der Waals surface area contributed by atoms with Crippen molar-refractivity contribution in [1.29, 1.82) is 0 Å². The van der Waals surface area contributed by atoms with Crippen molar-refractivity contribution in [3.8, 4) is 12.3 Å². The molecule has 0 aliphatic carbocycles. The molecular formula is C15H16N2O2S. The maximum atomic E-state index is 12.7. The average molecular weight is 288 g/mol. The number of fused-ring (bicyclic) bond motifs is 1. The molecule has 0 saturated carbocycles. The van der Waals surface area contributed by atoms with Crippen molar-refractivity contribution in [3.05, 3.63) is 36.4 Å². The fourth-order valence-electron chi connectivity index (χ4n) is 2.11. The van der Waals surface area contributed by atoms with Crippen molar-refractivity contribution in [2.75, 3.05) is 18.8 Å². The first kappa shape index (κ1) is 14.4. The second kappa shape index (κ2) is 5.53. The van der Waals surface area contributed by atoms with E-state index in [2.05, 4.69) is 5.92 Å². The number of sulfonamides is 1. The second-order valence-electron chi connectivity index (χ2n) is 4.37. The molecule has 0 aromatic heterocycles. The highest BCUT2D eigenvalue weighted by Gasteiger charge is 2.24. The van der Waals surface area contributed by atoms with E-state index >= 15 is 0 Å². The van der Waals surface area contributed by atoms with Gasteiger partial charge >= 0.3 is 0 Å². The van der Waals surface area contributed by atoms with Gasteiger partial charge in [0.15, 0.2) is 0 Å². The normalized spacial score (nSPS) is 11.7. The fourth-order valence-corrected chi connectivity index (χ4v) is 3.68. The summed E-state index contributed by atoms with van der Waals surface area (Å²) in [6, 6.07) is 10.3. The molecule has 0 unspecified atom stereocenters. The van der Waals surface area contributed by atoms with Crippen molar-refractivity contribution in [2.45, 2.75) is 11.8 Å². The number of rotatable bonds is 4. The summed E-state index contributed by atoms with van der Waals surface area (Å²) in [5, 5.41) is 1.44. The Bertz CT molecular complexity index is 776. The predicted octanol–water partition coefficient (Wildman–Crippen LogP) is 2.07. The van der Waals surface area contributed by atoms with Gasteiger partial charge in [-0.3, -0.25) is 0 Å². The molecule has 0 saturated heterocycles. The summed E-state index contributed by atoms with van der Waals surface area (Å²) in [6.07, 6.45) is 5.24. The first-order chi connectivity index (χ1) is 9.50. The molecule has 0 fully saturated rings. The lowest BCUT2D eigenvalue weighted by molar-refractivity contribution is 0.465. The molecule has 0 heterocycles. The molecule has 2 aromatic rings. The molecule has 5 heteroatoms. The number of anilines is 1. The molecule has 20 heavy (non-hydrogen) atoms. The first-order valence-corrected chi connectivity index (χ1v) is 7.66. The van der Waals surface area contributed by atoms with Gasteiger partial charge in [0.2, 0.25) is 10.0 Å². The van der Waals surface area contributed by atoms with E-state index in [4.69, 9.17) is 12.2 Å². The zero-order valence-electron chi connectivity index (χ0n) is 11.2. The van der Waals surface area contributed by atoms with E-state index in [1.165, 1.54) is 4.31 Å². The van der Waals surface area contributed by atoms with Gasteiger partial charge in [0.05, 0.1) is 11.4 Å². The van der Waals surface area contributed by atoms with Gasteiger partial charge in [0.1, 0.15) is 0 Å². The molecule has 104 valence electrons.